The van der Waals surface area contributed by atoms with Gasteiger partial charge in [0.05, 0.1) is 6.10 Å². The van der Waals surface area contributed by atoms with Gasteiger partial charge in [-0.3, -0.25) is 4.98 Å². The minimum absolute atomic E-state index is 0.251. The number of pyridine rings is 1. The zero-order valence-corrected chi connectivity index (χ0v) is 12.9. The van der Waals surface area contributed by atoms with E-state index in [4.69, 9.17) is 4.74 Å². The van der Waals surface area contributed by atoms with Gasteiger partial charge >= 0.3 is 0 Å². The summed E-state index contributed by atoms with van der Waals surface area (Å²) >= 11 is 0. The first-order valence-electron chi connectivity index (χ1n) is 7.78. The van der Waals surface area contributed by atoms with Crippen molar-refractivity contribution in [3.05, 3.63) is 36.7 Å². The second-order valence-electron chi connectivity index (χ2n) is 5.93. The molecule has 3 aromatic rings. The lowest BCUT2D eigenvalue weighted by atomic mass is 10.1. The van der Waals surface area contributed by atoms with E-state index < -0.39 is 0 Å². The summed E-state index contributed by atoms with van der Waals surface area (Å²) in [6, 6.07) is 7.63. The Bertz CT molecular complexity index is 803. The lowest BCUT2D eigenvalue weighted by molar-refractivity contribution is 0.116. The number of ether oxygens (including phenoxy) is 1. The van der Waals surface area contributed by atoms with Crippen molar-refractivity contribution < 1.29 is 4.74 Å². The van der Waals surface area contributed by atoms with E-state index >= 15 is 0 Å². The molecule has 7 nitrogen and oxygen atoms in total. The molecule has 0 aromatic carbocycles. The lowest BCUT2D eigenvalue weighted by Crippen LogP contribution is -2.19. The maximum absolute atomic E-state index is 5.72. The van der Waals surface area contributed by atoms with Crippen molar-refractivity contribution in [2.75, 3.05) is 18.5 Å². The third kappa shape index (κ3) is 2.87. The van der Waals surface area contributed by atoms with Crippen LogP contribution < -0.4 is 5.32 Å². The number of hydrogen-bond donors (Lipinski definition) is 1. The van der Waals surface area contributed by atoms with Crippen LogP contribution in [0.15, 0.2) is 36.7 Å². The number of aromatic nitrogens is 5. The predicted octanol–water partition coefficient (Wildman–Crippen LogP) is 2.02. The van der Waals surface area contributed by atoms with Crippen molar-refractivity contribution in [2.24, 2.45) is 5.92 Å². The minimum atomic E-state index is 0.251. The summed E-state index contributed by atoms with van der Waals surface area (Å²) in [6.07, 6.45) is 4.83. The van der Waals surface area contributed by atoms with Gasteiger partial charge in [0.1, 0.15) is 5.82 Å². The second kappa shape index (κ2) is 5.92. The van der Waals surface area contributed by atoms with Gasteiger partial charge in [-0.05, 0) is 36.6 Å². The van der Waals surface area contributed by atoms with E-state index in [1.165, 1.54) is 0 Å². The van der Waals surface area contributed by atoms with Crippen LogP contribution in [0, 0.1) is 5.92 Å². The van der Waals surface area contributed by atoms with E-state index in [1.807, 2.05) is 24.3 Å². The maximum Gasteiger partial charge on any atom is 0.187 e. The molecule has 2 atom stereocenters. The Hall–Kier alpha value is -2.54. The Kier molecular flexibility index (Phi) is 3.63. The molecule has 0 amide bonds. The highest BCUT2D eigenvalue weighted by atomic mass is 16.5. The standard InChI is InChI=1S/C16H18N6O/c1-11-7-13(23-10-11)9-18-14-4-5-15-19-20-16(22(15)21-14)12-3-2-6-17-8-12/h2-6,8,11,13H,7,9-10H2,1H3,(H,18,21). The second-order valence-corrected chi connectivity index (χ2v) is 5.93. The fourth-order valence-electron chi connectivity index (χ4n) is 2.80. The van der Waals surface area contributed by atoms with E-state index in [1.54, 1.807) is 16.9 Å². The van der Waals surface area contributed by atoms with Gasteiger partial charge in [0.25, 0.3) is 0 Å². The van der Waals surface area contributed by atoms with Gasteiger partial charge in [-0.1, -0.05) is 6.92 Å². The van der Waals surface area contributed by atoms with Crippen LogP contribution in [0.4, 0.5) is 5.82 Å². The molecular formula is C16H18N6O. The number of rotatable bonds is 4. The largest absolute Gasteiger partial charge is 0.376 e. The van der Waals surface area contributed by atoms with Crippen LogP contribution in [0.2, 0.25) is 0 Å². The summed E-state index contributed by atoms with van der Waals surface area (Å²) in [6.45, 7) is 3.81. The molecule has 0 saturated carbocycles. The van der Waals surface area contributed by atoms with E-state index in [2.05, 4.69) is 32.5 Å². The van der Waals surface area contributed by atoms with Crippen LogP contribution in [0.5, 0.6) is 0 Å². The molecule has 1 N–H and O–H groups in total. The fraction of sp³-hybridized carbons (Fsp3) is 0.375. The van der Waals surface area contributed by atoms with Gasteiger partial charge in [-0.15, -0.1) is 15.3 Å². The molecule has 2 unspecified atom stereocenters. The number of nitrogens with one attached hydrogen (secondary N) is 1. The lowest BCUT2D eigenvalue weighted by Gasteiger charge is -2.11. The van der Waals surface area contributed by atoms with Crippen LogP contribution in [0.3, 0.4) is 0 Å². The number of hydrogen-bond acceptors (Lipinski definition) is 6. The quantitative estimate of drug-likeness (QED) is 0.794. The van der Waals surface area contributed by atoms with Crippen molar-refractivity contribution in [1.29, 1.82) is 0 Å². The molecule has 3 aromatic heterocycles. The topological polar surface area (TPSA) is 77.2 Å². The van der Waals surface area contributed by atoms with Gasteiger partial charge in [0.2, 0.25) is 0 Å². The third-order valence-corrected chi connectivity index (χ3v) is 3.98. The highest BCUT2D eigenvalue weighted by molar-refractivity contribution is 5.58. The first-order chi connectivity index (χ1) is 11.3. The van der Waals surface area contributed by atoms with Gasteiger partial charge < -0.3 is 10.1 Å². The van der Waals surface area contributed by atoms with Gasteiger partial charge in [0.15, 0.2) is 11.5 Å². The summed E-state index contributed by atoms with van der Waals surface area (Å²) in [4.78, 5) is 4.12. The Morgan fingerprint density at radius 1 is 1.30 bits per heavy atom. The molecule has 0 radical (unpaired) electrons. The molecule has 4 rings (SSSR count). The zero-order valence-electron chi connectivity index (χ0n) is 12.9. The van der Waals surface area contributed by atoms with Crippen LogP contribution >= 0.6 is 0 Å². The Labute approximate surface area is 133 Å². The molecule has 1 aliphatic heterocycles. The molecule has 0 aliphatic carbocycles. The van der Waals surface area contributed by atoms with Crippen LogP contribution in [0.1, 0.15) is 13.3 Å². The summed E-state index contributed by atoms with van der Waals surface area (Å²) in [5.74, 6) is 2.10. The highest BCUT2D eigenvalue weighted by Gasteiger charge is 2.21. The minimum Gasteiger partial charge on any atom is -0.376 e. The first-order valence-corrected chi connectivity index (χ1v) is 7.78. The van der Waals surface area contributed by atoms with Gasteiger partial charge in [-0.2, -0.15) is 4.52 Å². The van der Waals surface area contributed by atoms with E-state index in [0.717, 1.165) is 31.0 Å². The van der Waals surface area contributed by atoms with Crippen LogP contribution in [-0.2, 0) is 4.74 Å². The van der Waals surface area contributed by atoms with E-state index in [9.17, 15) is 0 Å². The average Bonchev–Trinajstić information content (AvgIpc) is 3.19. The summed E-state index contributed by atoms with van der Waals surface area (Å²) in [5, 5.41) is 16.3. The smallest absolute Gasteiger partial charge is 0.187 e. The van der Waals surface area contributed by atoms with Crippen molar-refractivity contribution in [3.8, 4) is 11.4 Å². The number of nitrogens with zero attached hydrogens (tertiary/aromatic N) is 5. The molecule has 1 fully saturated rings. The molecule has 0 bridgehead atoms. The predicted molar refractivity (Wildman–Crippen MR) is 86.0 cm³/mol. The molecule has 118 valence electrons. The molecule has 1 aliphatic rings. The fourth-order valence-corrected chi connectivity index (χ4v) is 2.80. The van der Waals surface area contributed by atoms with E-state index in [-0.39, 0.29) is 6.10 Å². The zero-order chi connectivity index (χ0) is 15.6. The van der Waals surface area contributed by atoms with Crippen molar-refractivity contribution in [3.63, 3.8) is 0 Å². The van der Waals surface area contributed by atoms with Crippen molar-refractivity contribution in [1.82, 2.24) is 24.8 Å². The highest BCUT2D eigenvalue weighted by Crippen LogP contribution is 2.20. The molecule has 23 heavy (non-hydrogen) atoms. The number of anilines is 1. The van der Waals surface area contributed by atoms with Crippen LogP contribution in [0.25, 0.3) is 17.0 Å². The van der Waals surface area contributed by atoms with Crippen molar-refractivity contribution in [2.45, 2.75) is 19.4 Å². The SMILES string of the molecule is CC1COC(CNc2ccc3nnc(-c4cccnc4)n3n2)C1. The van der Waals surface area contributed by atoms with E-state index in [0.29, 0.717) is 17.4 Å². The monoisotopic (exact) mass is 310 g/mol. The normalized spacial score (nSPS) is 20.9. The Balaban J connectivity index is 1.57. The summed E-state index contributed by atoms with van der Waals surface area (Å²) < 4.78 is 7.46. The maximum atomic E-state index is 5.72. The Morgan fingerprint density at radius 2 is 2.26 bits per heavy atom. The molecule has 0 spiro atoms. The van der Waals surface area contributed by atoms with Crippen molar-refractivity contribution >= 4 is 11.5 Å². The third-order valence-electron chi connectivity index (χ3n) is 3.98. The molecule has 1 saturated heterocycles. The molecule has 4 heterocycles. The van der Waals surface area contributed by atoms with Crippen LogP contribution in [-0.4, -0.2) is 44.1 Å². The average molecular weight is 310 g/mol. The first kappa shape index (κ1) is 14.1. The molecule has 7 heteroatoms. The molecular weight excluding hydrogens is 292 g/mol. The number of fused-ring (bicyclic) bond motifs is 1. The summed E-state index contributed by atoms with van der Waals surface area (Å²) in [7, 11) is 0. The van der Waals surface area contributed by atoms with Gasteiger partial charge in [-0.25, -0.2) is 0 Å². The Morgan fingerprint density at radius 3 is 3.04 bits per heavy atom. The summed E-state index contributed by atoms with van der Waals surface area (Å²) in [5.41, 5.74) is 1.60. The van der Waals surface area contributed by atoms with Gasteiger partial charge in [0, 0.05) is 31.1 Å².